The standard InChI is InChI=1S/C13H17N3O2/c1-16-7-6-11(15-16)13(14)10-8-9(17-2)4-5-12(10)18-3/h4-8,13H,14H2,1-3H3. The summed E-state index contributed by atoms with van der Waals surface area (Å²) in [6.45, 7) is 0. The van der Waals surface area contributed by atoms with E-state index in [2.05, 4.69) is 5.10 Å². The van der Waals surface area contributed by atoms with Crippen molar-refractivity contribution in [2.75, 3.05) is 14.2 Å². The zero-order valence-corrected chi connectivity index (χ0v) is 10.8. The Morgan fingerprint density at radius 3 is 2.56 bits per heavy atom. The molecule has 1 unspecified atom stereocenters. The van der Waals surface area contributed by atoms with Gasteiger partial charge in [-0.25, -0.2) is 0 Å². The molecule has 5 nitrogen and oxygen atoms in total. The van der Waals surface area contributed by atoms with Crippen molar-refractivity contribution >= 4 is 0 Å². The van der Waals surface area contributed by atoms with Crippen molar-refractivity contribution in [3.8, 4) is 11.5 Å². The molecule has 1 heterocycles. The molecule has 1 aromatic carbocycles. The summed E-state index contributed by atoms with van der Waals surface area (Å²) >= 11 is 0. The molecule has 0 aliphatic carbocycles. The van der Waals surface area contributed by atoms with Gasteiger partial charge in [0, 0.05) is 18.8 Å². The van der Waals surface area contributed by atoms with Crippen LogP contribution in [0.1, 0.15) is 17.3 Å². The Bertz CT molecular complexity index is 537. The fourth-order valence-corrected chi connectivity index (χ4v) is 1.84. The van der Waals surface area contributed by atoms with E-state index in [9.17, 15) is 0 Å². The fraction of sp³-hybridized carbons (Fsp3) is 0.308. The monoisotopic (exact) mass is 247 g/mol. The number of aromatic nitrogens is 2. The van der Waals surface area contributed by atoms with E-state index in [0.717, 1.165) is 22.8 Å². The lowest BCUT2D eigenvalue weighted by Crippen LogP contribution is -2.14. The molecule has 0 saturated carbocycles. The molecule has 0 amide bonds. The summed E-state index contributed by atoms with van der Waals surface area (Å²) < 4.78 is 12.3. The maximum absolute atomic E-state index is 6.22. The van der Waals surface area contributed by atoms with Crippen LogP contribution in [-0.2, 0) is 7.05 Å². The lowest BCUT2D eigenvalue weighted by Gasteiger charge is -2.15. The van der Waals surface area contributed by atoms with Crippen LogP contribution >= 0.6 is 0 Å². The molecule has 0 aliphatic heterocycles. The molecule has 2 rings (SSSR count). The molecule has 2 aromatic rings. The number of nitrogens with two attached hydrogens (primary N) is 1. The van der Waals surface area contributed by atoms with Crippen molar-refractivity contribution in [3.63, 3.8) is 0 Å². The Morgan fingerprint density at radius 2 is 2.00 bits per heavy atom. The molecule has 2 N–H and O–H groups in total. The first-order chi connectivity index (χ1) is 8.65. The van der Waals surface area contributed by atoms with Gasteiger partial charge in [0.1, 0.15) is 11.5 Å². The maximum atomic E-state index is 6.22. The SMILES string of the molecule is COc1ccc(OC)c(C(N)c2ccn(C)n2)c1. The van der Waals surface area contributed by atoms with Crippen LogP contribution in [0.4, 0.5) is 0 Å². The Morgan fingerprint density at radius 1 is 1.22 bits per heavy atom. The minimum atomic E-state index is -0.337. The van der Waals surface area contributed by atoms with E-state index in [1.807, 2.05) is 37.5 Å². The largest absolute Gasteiger partial charge is 0.497 e. The van der Waals surface area contributed by atoms with Crippen LogP contribution in [0.5, 0.6) is 11.5 Å². The van der Waals surface area contributed by atoms with Gasteiger partial charge in [-0.3, -0.25) is 4.68 Å². The molecule has 0 radical (unpaired) electrons. The summed E-state index contributed by atoms with van der Waals surface area (Å²) in [5.41, 5.74) is 7.87. The first kappa shape index (κ1) is 12.4. The normalized spacial score (nSPS) is 12.2. The molecule has 0 saturated heterocycles. The predicted molar refractivity (Wildman–Crippen MR) is 68.8 cm³/mol. The third-order valence-corrected chi connectivity index (χ3v) is 2.82. The third kappa shape index (κ3) is 2.31. The number of benzene rings is 1. The highest BCUT2D eigenvalue weighted by Crippen LogP contribution is 2.30. The molecule has 1 aromatic heterocycles. The van der Waals surface area contributed by atoms with Crippen LogP contribution in [-0.4, -0.2) is 24.0 Å². The topological polar surface area (TPSA) is 62.3 Å². The van der Waals surface area contributed by atoms with Crippen molar-refractivity contribution in [1.82, 2.24) is 9.78 Å². The molecule has 96 valence electrons. The van der Waals surface area contributed by atoms with Gasteiger partial charge in [0.05, 0.1) is 26.0 Å². The number of rotatable bonds is 4. The molecular weight excluding hydrogens is 230 g/mol. The van der Waals surface area contributed by atoms with Gasteiger partial charge < -0.3 is 15.2 Å². The first-order valence-electron chi connectivity index (χ1n) is 5.62. The molecule has 0 fully saturated rings. The summed E-state index contributed by atoms with van der Waals surface area (Å²) in [7, 11) is 5.10. The molecular formula is C13H17N3O2. The highest BCUT2D eigenvalue weighted by Gasteiger charge is 2.17. The molecule has 1 atom stereocenters. The number of nitrogens with zero attached hydrogens (tertiary/aromatic N) is 2. The van der Waals surface area contributed by atoms with Gasteiger partial charge in [-0.15, -0.1) is 0 Å². The molecule has 5 heteroatoms. The van der Waals surface area contributed by atoms with Crippen molar-refractivity contribution in [1.29, 1.82) is 0 Å². The zero-order valence-electron chi connectivity index (χ0n) is 10.8. The van der Waals surface area contributed by atoms with E-state index in [4.69, 9.17) is 15.2 Å². The van der Waals surface area contributed by atoms with E-state index in [0.29, 0.717) is 0 Å². The van der Waals surface area contributed by atoms with Gasteiger partial charge in [-0.2, -0.15) is 5.10 Å². The third-order valence-electron chi connectivity index (χ3n) is 2.82. The Labute approximate surface area is 106 Å². The number of hydrogen-bond acceptors (Lipinski definition) is 4. The molecule has 0 aliphatic rings. The lowest BCUT2D eigenvalue weighted by molar-refractivity contribution is 0.397. The number of methoxy groups -OCH3 is 2. The van der Waals surface area contributed by atoms with Gasteiger partial charge >= 0.3 is 0 Å². The highest BCUT2D eigenvalue weighted by atomic mass is 16.5. The lowest BCUT2D eigenvalue weighted by atomic mass is 10.0. The van der Waals surface area contributed by atoms with Gasteiger partial charge in [-0.1, -0.05) is 0 Å². The van der Waals surface area contributed by atoms with E-state index in [1.165, 1.54) is 0 Å². The second-order valence-electron chi connectivity index (χ2n) is 4.00. The average Bonchev–Trinajstić information content (AvgIpc) is 2.83. The van der Waals surface area contributed by atoms with E-state index < -0.39 is 0 Å². The van der Waals surface area contributed by atoms with Crippen LogP contribution in [0.25, 0.3) is 0 Å². The second kappa shape index (κ2) is 5.10. The second-order valence-corrected chi connectivity index (χ2v) is 4.00. The Balaban J connectivity index is 2.41. The van der Waals surface area contributed by atoms with E-state index >= 15 is 0 Å². The van der Waals surface area contributed by atoms with Crippen LogP contribution < -0.4 is 15.2 Å². The van der Waals surface area contributed by atoms with Gasteiger partial charge in [-0.05, 0) is 24.3 Å². The minimum Gasteiger partial charge on any atom is -0.497 e. The number of aryl methyl sites for hydroxylation is 1. The average molecular weight is 247 g/mol. The smallest absolute Gasteiger partial charge is 0.124 e. The quantitative estimate of drug-likeness (QED) is 0.889. The summed E-state index contributed by atoms with van der Waals surface area (Å²) in [6.07, 6.45) is 1.86. The predicted octanol–water partition coefficient (Wildman–Crippen LogP) is 1.49. The highest BCUT2D eigenvalue weighted by molar-refractivity contribution is 5.44. The Hall–Kier alpha value is -2.01. The van der Waals surface area contributed by atoms with Gasteiger partial charge in [0.15, 0.2) is 0 Å². The van der Waals surface area contributed by atoms with Crippen LogP contribution in [0.3, 0.4) is 0 Å². The van der Waals surface area contributed by atoms with Crippen LogP contribution in [0.2, 0.25) is 0 Å². The van der Waals surface area contributed by atoms with Crippen LogP contribution in [0, 0.1) is 0 Å². The van der Waals surface area contributed by atoms with Gasteiger partial charge in [0.25, 0.3) is 0 Å². The molecule has 0 spiro atoms. The fourth-order valence-electron chi connectivity index (χ4n) is 1.84. The maximum Gasteiger partial charge on any atom is 0.124 e. The minimum absolute atomic E-state index is 0.337. The number of hydrogen-bond donors (Lipinski definition) is 1. The van der Waals surface area contributed by atoms with Gasteiger partial charge in [0.2, 0.25) is 0 Å². The van der Waals surface area contributed by atoms with Crippen molar-refractivity contribution in [2.24, 2.45) is 12.8 Å². The molecule has 18 heavy (non-hydrogen) atoms. The summed E-state index contributed by atoms with van der Waals surface area (Å²) in [5.74, 6) is 1.48. The van der Waals surface area contributed by atoms with Crippen molar-refractivity contribution in [2.45, 2.75) is 6.04 Å². The van der Waals surface area contributed by atoms with Crippen LogP contribution in [0.15, 0.2) is 30.5 Å². The molecule has 0 bridgehead atoms. The zero-order chi connectivity index (χ0) is 13.1. The first-order valence-corrected chi connectivity index (χ1v) is 5.62. The summed E-state index contributed by atoms with van der Waals surface area (Å²) in [4.78, 5) is 0. The Kier molecular flexibility index (Phi) is 3.53. The van der Waals surface area contributed by atoms with E-state index in [-0.39, 0.29) is 6.04 Å². The number of ether oxygens (including phenoxy) is 2. The van der Waals surface area contributed by atoms with Crippen molar-refractivity contribution < 1.29 is 9.47 Å². The van der Waals surface area contributed by atoms with Crippen molar-refractivity contribution in [3.05, 3.63) is 41.7 Å². The summed E-state index contributed by atoms with van der Waals surface area (Å²) in [6, 6.07) is 7.11. The van der Waals surface area contributed by atoms with E-state index in [1.54, 1.807) is 18.9 Å². The summed E-state index contributed by atoms with van der Waals surface area (Å²) in [5, 5.41) is 4.31.